The van der Waals surface area contributed by atoms with Crippen molar-refractivity contribution in [3.05, 3.63) is 59.4 Å². The summed E-state index contributed by atoms with van der Waals surface area (Å²) in [6.45, 7) is 10.3. The molecule has 0 saturated carbocycles. The number of rotatable bonds is 5. The summed E-state index contributed by atoms with van der Waals surface area (Å²) in [4.78, 5) is 38.0. The number of hydrogen-bond donors (Lipinski definition) is 1. The zero-order valence-electron chi connectivity index (χ0n) is 21.9. The number of piperidine rings is 1. The predicted molar refractivity (Wildman–Crippen MR) is 149 cm³/mol. The summed E-state index contributed by atoms with van der Waals surface area (Å²) in [5.74, 6) is 0.225. The minimum absolute atomic E-state index is 0. The molecule has 0 unspecified atom stereocenters. The molecule has 3 aliphatic heterocycles. The number of anilines is 1. The Labute approximate surface area is 222 Å². The van der Waals surface area contributed by atoms with Crippen molar-refractivity contribution in [1.82, 2.24) is 20.1 Å². The van der Waals surface area contributed by atoms with E-state index in [0.29, 0.717) is 19.6 Å². The quantitative estimate of drug-likeness (QED) is 0.673. The van der Waals surface area contributed by atoms with Gasteiger partial charge in [0.25, 0.3) is 0 Å². The molecule has 2 fully saturated rings. The van der Waals surface area contributed by atoms with Crippen LogP contribution in [0.25, 0.3) is 0 Å². The van der Waals surface area contributed by atoms with Gasteiger partial charge in [0, 0.05) is 68.1 Å². The van der Waals surface area contributed by atoms with Crippen LogP contribution < -0.4 is 10.2 Å². The first kappa shape index (κ1) is 27.3. The molecule has 3 aliphatic rings. The molecule has 2 amide bonds. The summed E-state index contributed by atoms with van der Waals surface area (Å²) in [6, 6.07) is 12.3. The van der Waals surface area contributed by atoms with Crippen molar-refractivity contribution in [3.63, 3.8) is 0 Å². The van der Waals surface area contributed by atoms with Gasteiger partial charge in [-0.3, -0.25) is 19.5 Å². The second-order valence-corrected chi connectivity index (χ2v) is 11.4. The van der Waals surface area contributed by atoms with Gasteiger partial charge >= 0.3 is 0 Å². The van der Waals surface area contributed by atoms with Crippen LogP contribution in [0.3, 0.4) is 0 Å². The molecule has 0 spiro atoms. The summed E-state index contributed by atoms with van der Waals surface area (Å²) in [5.41, 5.74) is 4.08. The highest BCUT2D eigenvalue weighted by Crippen LogP contribution is 2.40. The number of pyridine rings is 1. The van der Waals surface area contributed by atoms with Crippen LogP contribution >= 0.6 is 0 Å². The third-order valence-electron chi connectivity index (χ3n) is 7.94. The lowest BCUT2D eigenvalue weighted by Gasteiger charge is -2.41. The number of aromatic nitrogens is 1. The smallest absolute Gasteiger partial charge is 0.241 e. The molecular weight excluding hydrogens is 462 g/mol. The highest BCUT2D eigenvalue weighted by Gasteiger charge is 2.41. The normalized spacial score (nSPS) is 23.3. The molecule has 200 valence electrons. The number of fused-ring (bicyclic) bond motifs is 1. The van der Waals surface area contributed by atoms with Crippen LogP contribution in [0.1, 0.15) is 64.3 Å². The van der Waals surface area contributed by atoms with Gasteiger partial charge in [0.2, 0.25) is 11.8 Å². The lowest BCUT2D eigenvalue weighted by molar-refractivity contribution is -0.139. The number of likely N-dealkylation sites (tertiary alicyclic amines) is 1. The first-order valence-corrected chi connectivity index (χ1v) is 13.4. The van der Waals surface area contributed by atoms with Crippen LogP contribution in [0.5, 0.6) is 0 Å². The summed E-state index contributed by atoms with van der Waals surface area (Å²) in [7, 11) is 0. The van der Waals surface area contributed by atoms with E-state index in [1.807, 2.05) is 34.2 Å². The predicted octanol–water partition coefficient (Wildman–Crippen LogP) is 3.61. The molecule has 0 bridgehead atoms. The first-order chi connectivity index (χ1) is 17.3. The lowest BCUT2D eigenvalue weighted by atomic mass is 9.88. The summed E-state index contributed by atoms with van der Waals surface area (Å²) < 4.78 is 0. The van der Waals surface area contributed by atoms with Gasteiger partial charge in [-0.25, -0.2) is 0 Å². The zero-order chi connectivity index (χ0) is 25.3. The van der Waals surface area contributed by atoms with Gasteiger partial charge in [-0.05, 0) is 37.8 Å². The molecule has 7 heteroatoms. The third-order valence-corrected chi connectivity index (χ3v) is 7.94. The first-order valence-electron chi connectivity index (χ1n) is 13.4. The minimum Gasteiger partial charge on any atom is -0.341 e. The van der Waals surface area contributed by atoms with Crippen molar-refractivity contribution in [1.29, 1.82) is 0 Å². The van der Waals surface area contributed by atoms with Crippen LogP contribution in [-0.2, 0) is 21.4 Å². The summed E-state index contributed by atoms with van der Waals surface area (Å²) in [5, 5.41) is 3.46. The van der Waals surface area contributed by atoms with E-state index in [1.165, 1.54) is 12.0 Å². The lowest BCUT2D eigenvalue weighted by Crippen LogP contribution is -2.63. The van der Waals surface area contributed by atoms with E-state index in [1.54, 1.807) is 0 Å². The molecule has 2 aromatic rings. The number of carbonyl (C=O) groups is 2. The van der Waals surface area contributed by atoms with E-state index in [-0.39, 0.29) is 43.3 Å². The van der Waals surface area contributed by atoms with Gasteiger partial charge in [0.1, 0.15) is 6.04 Å². The summed E-state index contributed by atoms with van der Waals surface area (Å²) in [6.07, 6.45) is 6.02. The Morgan fingerprint density at radius 2 is 1.84 bits per heavy atom. The van der Waals surface area contributed by atoms with Crippen molar-refractivity contribution in [2.45, 2.75) is 71.4 Å². The van der Waals surface area contributed by atoms with E-state index in [2.05, 4.69) is 49.2 Å². The van der Waals surface area contributed by atoms with Gasteiger partial charge < -0.3 is 15.1 Å². The van der Waals surface area contributed by atoms with Crippen LogP contribution in [-0.4, -0.2) is 78.0 Å². The molecule has 2 saturated heterocycles. The molecule has 1 N–H and O–H groups in total. The molecule has 1 aromatic carbocycles. The fraction of sp³-hybridized carbons (Fsp3) is 0.567. The number of carbonyl (C=O) groups excluding carboxylic acids is 2. The Morgan fingerprint density at radius 3 is 2.57 bits per heavy atom. The number of benzene rings is 1. The van der Waals surface area contributed by atoms with E-state index in [9.17, 15) is 9.59 Å². The van der Waals surface area contributed by atoms with Crippen molar-refractivity contribution < 1.29 is 9.59 Å². The van der Waals surface area contributed by atoms with Crippen molar-refractivity contribution in [2.75, 3.05) is 44.2 Å². The maximum Gasteiger partial charge on any atom is 0.241 e. The molecule has 0 radical (unpaired) electrons. The second kappa shape index (κ2) is 11.3. The highest BCUT2D eigenvalue weighted by molar-refractivity contribution is 5.98. The molecule has 2 atom stereocenters. The van der Waals surface area contributed by atoms with Gasteiger partial charge in [0.15, 0.2) is 0 Å². The van der Waals surface area contributed by atoms with Crippen molar-refractivity contribution >= 4 is 17.5 Å². The highest BCUT2D eigenvalue weighted by atomic mass is 16.2. The monoisotopic (exact) mass is 505 g/mol. The average molecular weight is 506 g/mol. The van der Waals surface area contributed by atoms with Crippen molar-refractivity contribution in [3.8, 4) is 0 Å². The van der Waals surface area contributed by atoms with Crippen molar-refractivity contribution in [2.24, 2.45) is 0 Å². The molecule has 7 nitrogen and oxygen atoms in total. The van der Waals surface area contributed by atoms with E-state index >= 15 is 0 Å². The Kier molecular flexibility index (Phi) is 8.34. The molecule has 5 rings (SSSR count). The molecule has 0 aliphatic carbocycles. The van der Waals surface area contributed by atoms with Crippen LogP contribution in [0.15, 0.2) is 42.6 Å². The Balaban J connectivity index is 0.00000320. The van der Waals surface area contributed by atoms with Gasteiger partial charge in [-0.1, -0.05) is 51.6 Å². The zero-order valence-corrected chi connectivity index (χ0v) is 21.9. The van der Waals surface area contributed by atoms with E-state index in [4.69, 9.17) is 4.98 Å². The molecular formula is C30H43N5O2. The average Bonchev–Trinajstić information content (AvgIpc) is 3.15. The standard InChI is InChI=1S/C29H39N5O2.CH4/c1-21-18-33(26(17-30-21)28(36)32-12-8-5-9-13-32)19-27(35)34-20-29(2,3)24-16-31-23(15-25(24)34)14-22-10-6-4-7-11-22;/h4,6-7,10-11,15-16,21,26,30H,5,8-9,12-14,17-20H2,1-3H3;1H4/t21-,26-;/m1./s1. The molecule has 4 heterocycles. The Hall–Kier alpha value is -2.77. The topological polar surface area (TPSA) is 68.8 Å². The largest absolute Gasteiger partial charge is 0.341 e. The third kappa shape index (κ3) is 5.88. The van der Waals surface area contributed by atoms with Crippen LogP contribution in [0.2, 0.25) is 0 Å². The Bertz CT molecular complexity index is 1100. The number of hydrogen-bond acceptors (Lipinski definition) is 5. The van der Waals surface area contributed by atoms with E-state index < -0.39 is 0 Å². The van der Waals surface area contributed by atoms with Gasteiger partial charge in [0.05, 0.1) is 12.2 Å². The van der Waals surface area contributed by atoms with Gasteiger partial charge in [-0.2, -0.15) is 0 Å². The Morgan fingerprint density at radius 1 is 1.11 bits per heavy atom. The molecule has 1 aromatic heterocycles. The number of nitrogens with one attached hydrogen (secondary N) is 1. The maximum absolute atomic E-state index is 13.8. The number of nitrogens with zero attached hydrogens (tertiary/aromatic N) is 4. The van der Waals surface area contributed by atoms with Crippen LogP contribution in [0, 0.1) is 0 Å². The fourth-order valence-corrected chi connectivity index (χ4v) is 5.91. The van der Waals surface area contributed by atoms with E-state index in [0.717, 1.165) is 49.3 Å². The van der Waals surface area contributed by atoms with Crippen LogP contribution in [0.4, 0.5) is 5.69 Å². The SMILES string of the molecule is C.C[C@@H]1CN(CC(=O)N2CC(C)(C)c3cnc(Cc4ccccc4)cc32)[C@@H](C(=O)N2CCCCC2)CN1. The maximum atomic E-state index is 13.8. The molecule has 37 heavy (non-hydrogen) atoms. The minimum atomic E-state index is -0.288. The summed E-state index contributed by atoms with van der Waals surface area (Å²) >= 11 is 0. The fourth-order valence-electron chi connectivity index (χ4n) is 5.91. The number of piperazine rings is 1. The van der Waals surface area contributed by atoms with Gasteiger partial charge in [-0.15, -0.1) is 0 Å². The second-order valence-electron chi connectivity index (χ2n) is 11.4. The number of amides is 2.